The average Bonchev–Trinajstić information content (AvgIpc) is 2.39. The molecule has 0 aliphatic rings. The van der Waals surface area contributed by atoms with Crippen molar-refractivity contribution >= 4 is 11.6 Å². The molecule has 1 nitrogen and oxygen atoms in total. The lowest BCUT2D eigenvalue weighted by atomic mass is 10.1. The smallest absolute Gasteiger partial charge is 0.0409 e. The predicted molar refractivity (Wildman–Crippen MR) is 77.8 cm³/mol. The van der Waals surface area contributed by atoms with Crippen LogP contribution in [0.1, 0.15) is 23.6 Å². The lowest BCUT2D eigenvalue weighted by molar-refractivity contribution is 0.688. The van der Waals surface area contributed by atoms with Crippen molar-refractivity contribution in [2.45, 2.75) is 26.4 Å². The minimum absolute atomic E-state index is 0.795. The van der Waals surface area contributed by atoms with Crippen LogP contribution in [-0.2, 0) is 19.5 Å². The SMILES string of the molecule is CCc1ccccc1CNCc1cccc(Cl)c1. The Labute approximate surface area is 114 Å². The van der Waals surface area contributed by atoms with Crippen molar-refractivity contribution in [1.82, 2.24) is 5.32 Å². The van der Waals surface area contributed by atoms with E-state index >= 15 is 0 Å². The molecule has 2 aromatic carbocycles. The summed E-state index contributed by atoms with van der Waals surface area (Å²) in [5.74, 6) is 0. The first-order valence-electron chi connectivity index (χ1n) is 6.31. The molecule has 0 heterocycles. The summed E-state index contributed by atoms with van der Waals surface area (Å²) >= 11 is 5.96. The van der Waals surface area contributed by atoms with E-state index < -0.39 is 0 Å². The summed E-state index contributed by atoms with van der Waals surface area (Å²) < 4.78 is 0. The molecule has 2 heteroatoms. The van der Waals surface area contributed by atoms with E-state index in [4.69, 9.17) is 11.6 Å². The second-order valence-corrected chi connectivity index (χ2v) is 4.79. The van der Waals surface area contributed by atoms with Gasteiger partial charge in [-0.25, -0.2) is 0 Å². The molecular weight excluding hydrogens is 242 g/mol. The van der Waals surface area contributed by atoms with Crippen LogP contribution in [0.2, 0.25) is 5.02 Å². The molecule has 0 radical (unpaired) electrons. The van der Waals surface area contributed by atoms with Crippen molar-refractivity contribution in [3.8, 4) is 0 Å². The largest absolute Gasteiger partial charge is 0.309 e. The summed E-state index contributed by atoms with van der Waals surface area (Å²) in [5.41, 5.74) is 4.01. The lowest BCUT2D eigenvalue weighted by Gasteiger charge is -2.09. The number of hydrogen-bond donors (Lipinski definition) is 1. The third kappa shape index (κ3) is 3.59. The first-order chi connectivity index (χ1) is 8.79. The minimum atomic E-state index is 0.795. The van der Waals surface area contributed by atoms with Crippen LogP contribution < -0.4 is 5.32 Å². The molecule has 0 saturated carbocycles. The van der Waals surface area contributed by atoms with Crippen LogP contribution in [0.3, 0.4) is 0 Å². The third-order valence-electron chi connectivity index (χ3n) is 3.03. The van der Waals surface area contributed by atoms with Gasteiger partial charge >= 0.3 is 0 Å². The molecule has 0 amide bonds. The molecule has 1 N–H and O–H groups in total. The van der Waals surface area contributed by atoms with Crippen molar-refractivity contribution in [2.75, 3.05) is 0 Å². The second-order valence-electron chi connectivity index (χ2n) is 4.36. The van der Waals surface area contributed by atoms with E-state index in [2.05, 4.69) is 42.6 Å². The second kappa shape index (κ2) is 6.58. The number of benzene rings is 2. The lowest BCUT2D eigenvalue weighted by Crippen LogP contribution is -2.13. The van der Waals surface area contributed by atoms with E-state index in [1.54, 1.807) is 0 Å². The van der Waals surface area contributed by atoms with Gasteiger partial charge in [0.05, 0.1) is 0 Å². The Morgan fingerprint density at radius 3 is 2.44 bits per heavy atom. The highest BCUT2D eigenvalue weighted by Crippen LogP contribution is 2.12. The molecule has 94 valence electrons. The van der Waals surface area contributed by atoms with Gasteiger partial charge in [0.1, 0.15) is 0 Å². The highest BCUT2D eigenvalue weighted by atomic mass is 35.5. The molecule has 0 aromatic heterocycles. The maximum Gasteiger partial charge on any atom is 0.0409 e. The number of aryl methyl sites for hydroxylation is 1. The van der Waals surface area contributed by atoms with Gasteiger partial charge in [-0.3, -0.25) is 0 Å². The molecule has 0 saturated heterocycles. The Balaban J connectivity index is 1.92. The van der Waals surface area contributed by atoms with Gasteiger partial charge in [-0.2, -0.15) is 0 Å². The first kappa shape index (κ1) is 13.1. The molecule has 0 bridgehead atoms. The Morgan fingerprint density at radius 1 is 0.944 bits per heavy atom. The fraction of sp³-hybridized carbons (Fsp3) is 0.250. The summed E-state index contributed by atoms with van der Waals surface area (Å²) in [6, 6.07) is 16.5. The Morgan fingerprint density at radius 2 is 1.72 bits per heavy atom. The molecular formula is C16H18ClN. The van der Waals surface area contributed by atoms with Gasteiger partial charge in [-0.15, -0.1) is 0 Å². The van der Waals surface area contributed by atoms with Crippen molar-refractivity contribution in [3.05, 3.63) is 70.2 Å². The summed E-state index contributed by atoms with van der Waals surface area (Å²) in [5, 5.41) is 4.26. The number of rotatable bonds is 5. The maximum atomic E-state index is 5.96. The molecule has 18 heavy (non-hydrogen) atoms. The van der Waals surface area contributed by atoms with Crippen LogP contribution in [0.25, 0.3) is 0 Å². The average molecular weight is 260 g/mol. The number of hydrogen-bond acceptors (Lipinski definition) is 1. The van der Waals surface area contributed by atoms with E-state index in [1.807, 2.05) is 18.2 Å². The highest BCUT2D eigenvalue weighted by molar-refractivity contribution is 6.30. The molecule has 0 unspecified atom stereocenters. The Bertz CT molecular complexity index is 508. The van der Waals surface area contributed by atoms with E-state index in [0.717, 1.165) is 24.5 Å². The van der Waals surface area contributed by atoms with Crippen molar-refractivity contribution in [1.29, 1.82) is 0 Å². The minimum Gasteiger partial charge on any atom is -0.309 e. The van der Waals surface area contributed by atoms with Gasteiger partial charge in [0.2, 0.25) is 0 Å². The predicted octanol–water partition coefficient (Wildman–Crippen LogP) is 4.19. The normalized spacial score (nSPS) is 10.6. The van der Waals surface area contributed by atoms with Gasteiger partial charge in [0.25, 0.3) is 0 Å². The summed E-state index contributed by atoms with van der Waals surface area (Å²) in [4.78, 5) is 0. The molecule has 0 fully saturated rings. The van der Waals surface area contributed by atoms with E-state index in [0.29, 0.717) is 0 Å². The van der Waals surface area contributed by atoms with Crippen molar-refractivity contribution in [3.63, 3.8) is 0 Å². The Kier molecular flexibility index (Phi) is 4.80. The molecule has 0 aliphatic carbocycles. The van der Waals surface area contributed by atoms with Crippen LogP contribution in [0.15, 0.2) is 48.5 Å². The topological polar surface area (TPSA) is 12.0 Å². The zero-order chi connectivity index (χ0) is 12.8. The fourth-order valence-corrected chi connectivity index (χ4v) is 2.28. The van der Waals surface area contributed by atoms with Crippen LogP contribution in [0, 0.1) is 0 Å². The van der Waals surface area contributed by atoms with Gasteiger partial charge in [-0.05, 0) is 35.2 Å². The molecule has 2 aromatic rings. The summed E-state index contributed by atoms with van der Waals surface area (Å²) in [6.45, 7) is 3.94. The molecule has 2 rings (SSSR count). The monoisotopic (exact) mass is 259 g/mol. The fourth-order valence-electron chi connectivity index (χ4n) is 2.06. The zero-order valence-corrected chi connectivity index (χ0v) is 11.4. The number of halogens is 1. The highest BCUT2D eigenvalue weighted by Gasteiger charge is 1.99. The molecule has 0 spiro atoms. The van der Waals surface area contributed by atoms with Crippen LogP contribution >= 0.6 is 11.6 Å². The van der Waals surface area contributed by atoms with Gasteiger partial charge < -0.3 is 5.32 Å². The standard InChI is InChI=1S/C16H18ClN/c1-2-14-7-3-4-8-15(14)12-18-11-13-6-5-9-16(17)10-13/h3-10,18H,2,11-12H2,1H3. The number of nitrogens with one attached hydrogen (secondary N) is 1. The molecule has 0 aliphatic heterocycles. The van der Waals surface area contributed by atoms with Crippen LogP contribution in [0.4, 0.5) is 0 Å². The third-order valence-corrected chi connectivity index (χ3v) is 3.27. The van der Waals surface area contributed by atoms with E-state index in [-0.39, 0.29) is 0 Å². The summed E-state index contributed by atoms with van der Waals surface area (Å²) in [6.07, 6.45) is 1.08. The Hall–Kier alpha value is -1.31. The summed E-state index contributed by atoms with van der Waals surface area (Å²) in [7, 11) is 0. The zero-order valence-electron chi connectivity index (χ0n) is 10.6. The van der Waals surface area contributed by atoms with Crippen LogP contribution in [-0.4, -0.2) is 0 Å². The quantitative estimate of drug-likeness (QED) is 0.849. The van der Waals surface area contributed by atoms with Gasteiger partial charge in [0.15, 0.2) is 0 Å². The van der Waals surface area contributed by atoms with E-state index in [9.17, 15) is 0 Å². The van der Waals surface area contributed by atoms with Crippen molar-refractivity contribution in [2.24, 2.45) is 0 Å². The maximum absolute atomic E-state index is 5.96. The van der Waals surface area contributed by atoms with Gasteiger partial charge in [0, 0.05) is 18.1 Å². The molecule has 0 atom stereocenters. The van der Waals surface area contributed by atoms with Crippen molar-refractivity contribution < 1.29 is 0 Å². The van der Waals surface area contributed by atoms with Gasteiger partial charge in [-0.1, -0.05) is 54.9 Å². The van der Waals surface area contributed by atoms with E-state index in [1.165, 1.54) is 16.7 Å². The van der Waals surface area contributed by atoms with Crippen LogP contribution in [0.5, 0.6) is 0 Å². The first-order valence-corrected chi connectivity index (χ1v) is 6.69.